The second-order valence-electron chi connectivity index (χ2n) is 5.26. The van der Waals surface area contributed by atoms with E-state index in [0.717, 1.165) is 31.9 Å². The largest absolute Gasteiger partial charge is 0.494 e. The second kappa shape index (κ2) is 6.61. The number of benzene rings is 1. The van der Waals surface area contributed by atoms with Gasteiger partial charge in [0.25, 0.3) is 0 Å². The van der Waals surface area contributed by atoms with Crippen LogP contribution in [0.2, 0.25) is 0 Å². The molecule has 1 aliphatic rings. The van der Waals surface area contributed by atoms with Gasteiger partial charge in [0.2, 0.25) is 6.41 Å². The molecule has 110 valence electrons. The molecule has 5 heteroatoms. The number of nitrogens with one attached hydrogen (secondary N) is 1. The maximum atomic E-state index is 10.5. The van der Waals surface area contributed by atoms with Crippen LogP contribution in [0.15, 0.2) is 18.2 Å². The highest BCUT2D eigenvalue weighted by molar-refractivity contribution is 5.77. The van der Waals surface area contributed by atoms with Crippen LogP contribution >= 0.6 is 0 Å². The smallest absolute Gasteiger partial charge is 0.211 e. The number of nitrogens with zero attached hydrogens (tertiary/aromatic N) is 2. The van der Waals surface area contributed by atoms with E-state index in [1.165, 1.54) is 0 Å². The molecule has 1 amide bonds. The van der Waals surface area contributed by atoms with Gasteiger partial charge in [0.1, 0.15) is 5.75 Å². The average Bonchev–Trinajstić information content (AvgIpc) is 2.48. The maximum Gasteiger partial charge on any atom is 0.211 e. The molecular formula is C15H23N3O2. The summed E-state index contributed by atoms with van der Waals surface area (Å²) in [6.45, 7) is 8.66. The third-order valence-corrected chi connectivity index (χ3v) is 3.81. The Bertz CT molecular complexity index is 454. The number of rotatable bonds is 5. The number of ether oxygens (including phenoxy) is 1. The lowest BCUT2D eigenvalue weighted by atomic mass is 10.2. The van der Waals surface area contributed by atoms with Crippen LogP contribution in [0.4, 0.5) is 11.4 Å². The van der Waals surface area contributed by atoms with Crippen LogP contribution in [-0.2, 0) is 4.79 Å². The highest BCUT2D eigenvalue weighted by Crippen LogP contribution is 2.30. The Morgan fingerprint density at radius 2 is 1.95 bits per heavy atom. The fourth-order valence-corrected chi connectivity index (χ4v) is 2.56. The van der Waals surface area contributed by atoms with Crippen molar-refractivity contribution in [3.63, 3.8) is 0 Å². The Hall–Kier alpha value is -1.75. The zero-order valence-corrected chi connectivity index (χ0v) is 12.4. The first-order valence-corrected chi connectivity index (χ1v) is 7.03. The Balaban J connectivity index is 2.08. The van der Waals surface area contributed by atoms with Gasteiger partial charge in [0, 0.05) is 44.0 Å². The van der Waals surface area contributed by atoms with Crippen LogP contribution in [0.25, 0.3) is 0 Å². The Kier molecular flexibility index (Phi) is 4.84. The molecule has 0 bridgehead atoms. The number of carbonyl (C=O) groups is 1. The summed E-state index contributed by atoms with van der Waals surface area (Å²) < 4.78 is 5.33. The molecule has 1 heterocycles. The predicted molar refractivity (Wildman–Crippen MR) is 81.6 cm³/mol. The van der Waals surface area contributed by atoms with Crippen molar-refractivity contribution in [3.05, 3.63) is 18.2 Å². The lowest BCUT2D eigenvalue weighted by Crippen LogP contribution is -2.48. The molecule has 0 spiro atoms. The van der Waals surface area contributed by atoms with E-state index in [9.17, 15) is 4.79 Å². The van der Waals surface area contributed by atoms with Gasteiger partial charge in [-0.1, -0.05) is 0 Å². The van der Waals surface area contributed by atoms with Gasteiger partial charge in [-0.25, -0.2) is 0 Å². The van der Waals surface area contributed by atoms with E-state index in [1.807, 2.05) is 18.2 Å². The van der Waals surface area contributed by atoms with E-state index >= 15 is 0 Å². The van der Waals surface area contributed by atoms with Gasteiger partial charge in [-0.15, -0.1) is 0 Å². The summed E-state index contributed by atoms with van der Waals surface area (Å²) >= 11 is 0. The van der Waals surface area contributed by atoms with Crippen molar-refractivity contribution in [2.75, 3.05) is 43.5 Å². The minimum Gasteiger partial charge on any atom is -0.494 e. The molecule has 0 unspecified atom stereocenters. The van der Waals surface area contributed by atoms with E-state index in [1.54, 1.807) is 7.11 Å². The van der Waals surface area contributed by atoms with Crippen molar-refractivity contribution in [1.29, 1.82) is 0 Å². The zero-order chi connectivity index (χ0) is 14.5. The maximum absolute atomic E-state index is 10.5. The van der Waals surface area contributed by atoms with Crippen LogP contribution in [0.1, 0.15) is 13.8 Å². The van der Waals surface area contributed by atoms with Gasteiger partial charge in [-0.3, -0.25) is 9.69 Å². The Morgan fingerprint density at radius 1 is 1.25 bits per heavy atom. The minimum absolute atomic E-state index is 0.603. The topological polar surface area (TPSA) is 44.8 Å². The van der Waals surface area contributed by atoms with Gasteiger partial charge in [-0.05, 0) is 26.0 Å². The van der Waals surface area contributed by atoms with E-state index < -0.39 is 0 Å². The molecule has 1 aliphatic heterocycles. The first-order valence-electron chi connectivity index (χ1n) is 7.03. The summed E-state index contributed by atoms with van der Waals surface area (Å²) in [5.74, 6) is 0.695. The number of methoxy groups -OCH3 is 1. The average molecular weight is 277 g/mol. The first-order chi connectivity index (χ1) is 9.65. The van der Waals surface area contributed by atoms with E-state index in [2.05, 4.69) is 29.0 Å². The summed E-state index contributed by atoms with van der Waals surface area (Å²) in [5.41, 5.74) is 1.84. The van der Waals surface area contributed by atoms with E-state index in [4.69, 9.17) is 4.74 Å². The predicted octanol–water partition coefficient (Wildman–Crippen LogP) is 1.79. The van der Waals surface area contributed by atoms with Crippen molar-refractivity contribution in [3.8, 4) is 5.75 Å². The molecule has 1 fully saturated rings. The molecule has 20 heavy (non-hydrogen) atoms. The third kappa shape index (κ3) is 3.22. The summed E-state index contributed by atoms with van der Waals surface area (Å²) in [7, 11) is 1.62. The van der Waals surface area contributed by atoms with Gasteiger partial charge in [0.05, 0.1) is 12.8 Å². The van der Waals surface area contributed by atoms with Crippen LogP contribution in [0.3, 0.4) is 0 Å². The minimum atomic E-state index is 0.603. The van der Waals surface area contributed by atoms with Crippen LogP contribution < -0.4 is 15.0 Å². The van der Waals surface area contributed by atoms with Crippen LogP contribution in [0.5, 0.6) is 5.75 Å². The Labute approximate surface area is 120 Å². The fraction of sp³-hybridized carbons (Fsp3) is 0.533. The van der Waals surface area contributed by atoms with Crippen molar-refractivity contribution >= 4 is 17.8 Å². The SMILES string of the molecule is COc1cc(N2CCN(C(C)C)CC2)ccc1NC=O. The normalized spacial score (nSPS) is 16.3. The molecule has 5 nitrogen and oxygen atoms in total. The first kappa shape index (κ1) is 14.7. The van der Waals surface area contributed by atoms with Crippen LogP contribution in [0, 0.1) is 0 Å². The van der Waals surface area contributed by atoms with E-state index in [0.29, 0.717) is 23.9 Å². The number of amides is 1. The molecule has 2 rings (SSSR count). The molecular weight excluding hydrogens is 254 g/mol. The van der Waals surface area contributed by atoms with E-state index in [-0.39, 0.29) is 0 Å². The molecule has 1 N–H and O–H groups in total. The summed E-state index contributed by atoms with van der Waals surface area (Å²) in [6.07, 6.45) is 0.666. The lowest BCUT2D eigenvalue weighted by molar-refractivity contribution is -0.105. The van der Waals surface area contributed by atoms with Gasteiger partial charge < -0.3 is 15.0 Å². The number of piperazine rings is 1. The number of carbonyl (C=O) groups excluding carboxylic acids is 1. The molecule has 1 saturated heterocycles. The second-order valence-corrected chi connectivity index (χ2v) is 5.26. The molecule has 0 aromatic heterocycles. The fourth-order valence-electron chi connectivity index (χ4n) is 2.56. The summed E-state index contributed by atoms with van der Waals surface area (Å²) in [4.78, 5) is 15.4. The van der Waals surface area contributed by atoms with Gasteiger partial charge >= 0.3 is 0 Å². The monoisotopic (exact) mass is 277 g/mol. The van der Waals surface area contributed by atoms with Crippen LogP contribution in [-0.4, -0.2) is 50.6 Å². The number of hydrogen-bond acceptors (Lipinski definition) is 4. The number of hydrogen-bond donors (Lipinski definition) is 1. The third-order valence-electron chi connectivity index (χ3n) is 3.81. The molecule has 0 radical (unpaired) electrons. The quantitative estimate of drug-likeness (QED) is 0.834. The van der Waals surface area contributed by atoms with Crippen molar-refractivity contribution < 1.29 is 9.53 Å². The summed E-state index contributed by atoms with van der Waals surface area (Å²) in [6, 6.07) is 6.50. The van der Waals surface area contributed by atoms with Crippen molar-refractivity contribution in [1.82, 2.24) is 4.90 Å². The zero-order valence-electron chi connectivity index (χ0n) is 12.4. The molecule has 0 atom stereocenters. The highest BCUT2D eigenvalue weighted by Gasteiger charge is 2.19. The standard InChI is InChI=1S/C15H23N3O2/c1-12(2)17-6-8-18(9-7-17)13-4-5-14(16-11-19)15(10-13)20-3/h4-5,10-12H,6-9H2,1-3H3,(H,16,19). The molecule has 1 aromatic carbocycles. The molecule has 0 saturated carbocycles. The van der Waals surface area contributed by atoms with Crippen molar-refractivity contribution in [2.45, 2.75) is 19.9 Å². The highest BCUT2D eigenvalue weighted by atomic mass is 16.5. The van der Waals surface area contributed by atoms with Gasteiger partial charge in [-0.2, -0.15) is 0 Å². The molecule has 0 aliphatic carbocycles. The number of anilines is 2. The van der Waals surface area contributed by atoms with Gasteiger partial charge in [0.15, 0.2) is 0 Å². The molecule has 1 aromatic rings. The Morgan fingerprint density at radius 3 is 2.50 bits per heavy atom. The lowest BCUT2D eigenvalue weighted by Gasteiger charge is -2.38. The van der Waals surface area contributed by atoms with Crippen molar-refractivity contribution in [2.24, 2.45) is 0 Å². The summed E-state index contributed by atoms with van der Waals surface area (Å²) in [5, 5.41) is 2.65.